The lowest BCUT2D eigenvalue weighted by molar-refractivity contribution is 0.199. The Morgan fingerprint density at radius 2 is 2.05 bits per heavy atom. The van der Waals surface area contributed by atoms with Gasteiger partial charge in [0.05, 0.1) is 12.8 Å². The van der Waals surface area contributed by atoms with Crippen molar-refractivity contribution in [3.63, 3.8) is 0 Å². The maximum absolute atomic E-state index is 5.94. The van der Waals surface area contributed by atoms with Crippen LogP contribution in [-0.4, -0.2) is 31.8 Å². The molecule has 0 unspecified atom stereocenters. The molecule has 4 heteroatoms. The molecule has 0 spiro atoms. The Balaban J connectivity index is 1.68. The Morgan fingerprint density at radius 3 is 2.80 bits per heavy atom. The maximum Gasteiger partial charge on any atom is 0.194 e. The molecule has 1 saturated carbocycles. The Bertz CT molecular complexity index is 357. The van der Waals surface area contributed by atoms with Crippen molar-refractivity contribution in [3.8, 4) is 0 Å². The number of ether oxygens (including phenoxy) is 1. The third-order valence-corrected chi connectivity index (χ3v) is 4.06. The van der Waals surface area contributed by atoms with Gasteiger partial charge in [-0.15, -0.1) is 0 Å². The summed E-state index contributed by atoms with van der Waals surface area (Å²) in [4.78, 5) is 4.44. The predicted octanol–water partition coefficient (Wildman–Crippen LogP) is 3.28. The van der Waals surface area contributed by atoms with Gasteiger partial charge in [0.1, 0.15) is 5.76 Å². The monoisotopic (exact) mass is 280 g/mol. The normalized spacial score (nSPS) is 17.2. The summed E-state index contributed by atoms with van der Waals surface area (Å²) in [6.45, 7) is 2.67. The fourth-order valence-electron chi connectivity index (χ4n) is 2.86. The van der Waals surface area contributed by atoms with Gasteiger partial charge in [-0.05, 0) is 25.8 Å². The van der Waals surface area contributed by atoms with Crippen LogP contribution in [0.2, 0.25) is 0 Å². The second-order valence-corrected chi connectivity index (χ2v) is 5.69. The van der Waals surface area contributed by atoms with E-state index in [0.717, 1.165) is 44.2 Å². The molecule has 1 fully saturated rings. The van der Waals surface area contributed by atoms with E-state index >= 15 is 0 Å². The van der Waals surface area contributed by atoms with Gasteiger partial charge >= 0.3 is 0 Å². The van der Waals surface area contributed by atoms with Gasteiger partial charge in [0.15, 0.2) is 5.89 Å². The van der Waals surface area contributed by atoms with Crippen LogP contribution in [0.5, 0.6) is 0 Å². The molecule has 0 aliphatic heterocycles. The van der Waals surface area contributed by atoms with Crippen molar-refractivity contribution in [2.24, 2.45) is 0 Å². The lowest BCUT2D eigenvalue weighted by Crippen LogP contribution is -2.20. The van der Waals surface area contributed by atoms with Gasteiger partial charge in [-0.25, -0.2) is 4.98 Å². The second-order valence-electron chi connectivity index (χ2n) is 5.69. The van der Waals surface area contributed by atoms with Gasteiger partial charge < -0.3 is 14.5 Å². The van der Waals surface area contributed by atoms with Crippen molar-refractivity contribution in [1.82, 2.24) is 10.3 Å². The van der Waals surface area contributed by atoms with E-state index in [4.69, 9.17) is 9.15 Å². The minimum Gasteiger partial charge on any atom is -0.445 e. The Labute approximate surface area is 122 Å². The van der Waals surface area contributed by atoms with Crippen LogP contribution in [-0.2, 0) is 11.2 Å². The molecule has 0 aromatic carbocycles. The quantitative estimate of drug-likeness (QED) is 0.586. The number of aromatic nitrogens is 1. The fourth-order valence-corrected chi connectivity index (χ4v) is 2.86. The molecule has 0 saturated heterocycles. The lowest BCUT2D eigenvalue weighted by atomic mass is 9.98. The van der Waals surface area contributed by atoms with E-state index in [0.29, 0.717) is 5.92 Å². The first-order chi connectivity index (χ1) is 9.90. The summed E-state index contributed by atoms with van der Waals surface area (Å²) in [7, 11) is 1.73. The van der Waals surface area contributed by atoms with E-state index in [1.807, 2.05) is 6.20 Å². The zero-order valence-corrected chi connectivity index (χ0v) is 12.7. The number of aryl methyl sites for hydroxylation is 1. The zero-order chi connectivity index (χ0) is 14.0. The molecule has 0 bridgehead atoms. The van der Waals surface area contributed by atoms with E-state index in [1.54, 1.807) is 7.11 Å². The highest BCUT2D eigenvalue weighted by Gasteiger charge is 2.18. The fraction of sp³-hybridized carbons (Fsp3) is 0.812. The molecule has 4 nitrogen and oxygen atoms in total. The van der Waals surface area contributed by atoms with Gasteiger partial charge in [0, 0.05) is 26.0 Å². The summed E-state index contributed by atoms with van der Waals surface area (Å²) in [6, 6.07) is 0. The first-order valence-electron chi connectivity index (χ1n) is 8.04. The van der Waals surface area contributed by atoms with Crippen molar-refractivity contribution >= 4 is 0 Å². The van der Waals surface area contributed by atoms with Crippen molar-refractivity contribution in [2.45, 2.75) is 57.3 Å². The molecule has 0 atom stereocenters. The first-order valence-corrected chi connectivity index (χ1v) is 8.04. The molecule has 114 valence electrons. The summed E-state index contributed by atoms with van der Waals surface area (Å²) in [5, 5.41) is 3.34. The highest BCUT2D eigenvalue weighted by molar-refractivity contribution is 5.02. The second kappa shape index (κ2) is 9.14. The van der Waals surface area contributed by atoms with Crippen molar-refractivity contribution in [1.29, 1.82) is 0 Å². The van der Waals surface area contributed by atoms with Crippen LogP contribution >= 0.6 is 0 Å². The number of nitrogens with one attached hydrogen (secondary N) is 1. The van der Waals surface area contributed by atoms with E-state index in [9.17, 15) is 0 Å². The Hall–Kier alpha value is -0.870. The molecule has 1 aromatic heterocycles. The van der Waals surface area contributed by atoms with Crippen LogP contribution in [0.1, 0.15) is 62.5 Å². The number of methoxy groups -OCH3 is 1. The zero-order valence-electron chi connectivity index (χ0n) is 12.7. The Kier molecular flexibility index (Phi) is 7.09. The van der Waals surface area contributed by atoms with E-state index in [2.05, 4.69) is 10.3 Å². The van der Waals surface area contributed by atoms with Crippen molar-refractivity contribution in [2.75, 3.05) is 26.8 Å². The molecule has 1 N–H and O–H groups in total. The van der Waals surface area contributed by atoms with Crippen LogP contribution < -0.4 is 5.32 Å². The molecular formula is C16H28N2O2. The van der Waals surface area contributed by atoms with Gasteiger partial charge in [0.2, 0.25) is 0 Å². The third kappa shape index (κ3) is 5.25. The van der Waals surface area contributed by atoms with Gasteiger partial charge in [-0.3, -0.25) is 0 Å². The maximum atomic E-state index is 5.94. The summed E-state index contributed by atoms with van der Waals surface area (Å²) >= 11 is 0. The van der Waals surface area contributed by atoms with Crippen LogP contribution in [0.15, 0.2) is 10.6 Å². The van der Waals surface area contributed by atoms with E-state index in [1.165, 1.54) is 38.5 Å². The molecule has 1 aliphatic carbocycles. The average molecular weight is 280 g/mol. The number of hydrogen-bond acceptors (Lipinski definition) is 4. The van der Waals surface area contributed by atoms with Gasteiger partial charge in [0.25, 0.3) is 0 Å². The van der Waals surface area contributed by atoms with Crippen LogP contribution in [0.3, 0.4) is 0 Å². The summed E-state index contributed by atoms with van der Waals surface area (Å²) in [5.41, 5.74) is 0. The highest BCUT2D eigenvalue weighted by Crippen LogP contribution is 2.31. The van der Waals surface area contributed by atoms with Crippen LogP contribution in [0, 0.1) is 0 Å². The molecule has 20 heavy (non-hydrogen) atoms. The number of hydrogen-bond donors (Lipinski definition) is 1. The number of nitrogens with zero attached hydrogens (tertiary/aromatic N) is 1. The standard InChI is InChI=1S/C16H28N2O2/c1-19-12-11-17-10-6-9-16-18-13-15(20-16)14-7-4-2-3-5-8-14/h13-14,17H,2-12H2,1H3. The number of rotatable bonds is 8. The molecule has 1 aliphatic rings. The minimum absolute atomic E-state index is 0.610. The molecule has 1 heterocycles. The highest BCUT2D eigenvalue weighted by atomic mass is 16.5. The summed E-state index contributed by atoms with van der Waals surface area (Å²) in [5.74, 6) is 2.63. The van der Waals surface area contributed by atoms with E-state index in [-0.39, 0.29) is 0 Å². The topological polar surface area (TPSA) is 47.3 Å². The molecular weight excluding hydrogens is 252 g/mol. The Morgan fingerprint density at radius 1 is 1.25 bits per heavy atom. The van der Waals surface area contributed by atoms with Crippen LogP contribution in [0.4, 0.5) is 0 Å². The van der Waals surface area contributed by atoms with Gasteiger partial charge in [-0.1, -0.05) is 25.7 Å². The molecule has 0 amide bonds. The van der Waals surface area contributed by atoms with E-state index < -0.39 is 0 Å². The van der Waals surface area contributed by atoms with Crippen molar-refractivity contribution in [3.05, 3.63) is 17.8 Å². The minimum atomic E-state index is 0.610. The summed E-state index contributed by atoms with van der Waals surface area (Å²) in [6.07, 6.45) is 11.9. The lowest BCUT2D eigenvalue weighted by Gasteiger charge is -2.09. The summed E-state index contributed by atoms with van der Waals surface area (Å²) < 4.78 is 10.9. The smallest absolute Gasteiger partial charge is 0.194 e. The molecule has 2 rings (SSSR count). The number of oxazole rings is 1. The van der Waals surface area contributed by atoms with Crippen molar-refractivity contribution < 1.29 is 9.15 Å². The first kappa shape index (κ1) is 15.5. The molecule has 1 aromatic rings. The molecule has 0 radical (unpaired) electrons. The third-order valence-electron chi connectivity index (χ3n) is 4.06. The van der Waals surface area contributed by atoms with Gasteiger partial charge in [-0.2, -0.15) is 0 Å². The average Bonchev–Trinajstić information content (AvgIpc) is 2.76. The predicted molar refractivity (Wildman–Crippen MR) is 80.0 cm³/mol. The largest absolute Gasteiger partial charge is 0.445 e. The van der Waals surface area contributed by atoms with Crippen LogP contribution in [0.25, 0.3) is 0 Å². The SMILES string of the molecule is COCCNCCCc1ncc(C2CCCCCC2)o1.